The number of aromatic nitrogens is 2. The van der Waals surface area contributed by atoms with E-state index >= 15 is 0 Å². The number of Topliss-reactive ketones (excluding diaryl/α,β-unsaturated/α-hetero) is 1. The molecule has 0 radical (unpaired) electrons. The molecular weight excluding hydrogens is 396 g/mol. The SMILES string of the molecule is CC(=O)c1ccc2cc(N(C)CCN(Cc3ccccn3)Cc3ccccn3)ccc2c1. The zero-order valence-corrected chi connectivity index (χ0v) is 18.6. The summed E-state index contributed by atoms with van der Waals surface area (Å²) in [5.74, 6) is 0.0917. The first kappa shape index (κ1) is 21.7. The molecule has 5 nitrogen and oxygen atoms in total. The molecule has 0 atom stereocenters. The van der Waals surface area contributed by atoms with Crippen molar-refractivity contribution in [1.82, 2.24) is 14.9 Å². The van der Waals surface area contributed by atoms with E-state index in [-0.39, 0.29) is 5.78 Å². The highest BCUT2D eigenvalue weighted by atomic mass is 16.1. The molecule has 4 rings (SSSR count). The van der Waals surface area contributed by atoms with Crippen molar-refractivity contribution in [2.75, 3.05) is 25.0 Å². The number of nitrogens with zero attached hydrogens (tertiary/aromatic N) is 4. The summed E-state index contributed by atoms with van der Waals surface area (Å²) in [6.07, 6.45) is 3.68. The van der Waals surface area contributed by atoms with Crippen LogP contribution in [0.3, 0.4) is 0 Å². The smallest absolute Gasteiger partial charge is 0.159 e. The molecule has 0 saturated heterocycles. The zero-order chi connectivity index (χ0) is 22.3. The first-order chi connectivity index (χ1) is 15.6. The molecule has 2 heterocycles. The summed E-state index contributed by atoms with van der Waals surface area (Å²) in [6.45, 7) is 4.90. The fraction of sp³-hybridized carbons (Fsp3) is 0.222. The van der Waals surface area contributed by atoms with Crippen molar-refractivity contribution in [1.29, 1.82) is 0 Å². The van der Waals surface area contributed by atoms with Crippen molar-refractivity contribution < 1.29 is 4.79 Å². The number of rotatable bonds is 9. The molecule has 0 aliphatic heterocycles. The molecule has 0 bridgehead atoms. The van der Waals surface area contributed by atoms with Crippen LogP contribution in [0.25, 0.3) is 10.8 Å². The molecule has 0 unspecified atom stereocenters. The minimum atomic E-state index is 0.0917. The highest BCUT2D eigenvalue weighted by Crippen LogP contribution is 2.23. The van der Waals surface area contributed by atoms with Crippen LogP contribution in [-0.2, 0) is 13.1 Å². The van der Waals surface area contributed by atoms with Crippen LogP contribution in [0.15, 0.2) is 85.2 Å². The van der Waals surface area contributed by atoms with E-state index in [4.69, 9.17) is 0 Å². The number of carbonyl (C=O) groups is 1. The first-order valence-electron chi connectivity index (χ1n) is 10.9. The van der Waals surface area contributed by atoms with Gasteiger partial charge in [0, 0.05) is 56.9 Å². The number of pyridine rings is 2. The van der Waals surface area contributed by atoms with Crippen molar-refractivity contribution in [3.8, 4) is 0 Å². The Kier molecular flexibility index (Phi) is 6.87. The second-order valence-electron chi connectivity index (χ2n) is 8.08. The Hall–Kier alpha value is -3.57. The Morgan fingerprint density at radius 3 is 2.00 bits per heavy atom. The van der Waals surface area contributed by atoms with E-state index in [9.17, 15) is 4.79 Å². The lowest BCUT2D eigenvalue weighted by Crippen LogP contribution is -2.33. The molecule has 0 aliphatic carbocycles. The Balaban J connectivity index is 1.46. The van der Waals surface area contributed by atoms with Crippen molar-refractivity contribution in [3.63, 3.8) is 0 Å². The fourth-order valence-electron chi connectivity index (χ4n) is 3.77. The molecule has 5 heteroatoms. The summed E-state index contributed by atoms with van der Waals surface area (Å²) in [7, 11) is 2.12. The third-order valence-electron chi connectivity index (χ3n) is 5.65. The maximum absolute atomic E-state index is 11.7. The normalized spacial score (nSPS) is 11.1. The number of likely N-dealkylation sites (N-methyl/N-ethyl adjacent to an activating group) is 1. The third kappa shape index (κ3) is 5.56. The Morgan fingerprint density at radius 2 is 1.41 bits per heavy atom. The van der Waals surface area contributed by atoms with E-state index in [2.05, 4.69) is 57.1 Å². The molecule has 2 aromatic carbocycles. The Morgan fingerprint density at radius 1 is 0.781 bits per heavy atom. The van der Waals surface area contributed by atoms with Crippen molar-refractivity contribution >= 4 is 22.2 Å². The monoisotopic (exact) mass is 424 g/mol. The molecular formula is C27H28N4O. The van der Waals surface area contributed by atoms with Crippen LogP contribution in [0.1, 0.15) is 28.7 Å². The predicted octanol–water partition coefficient (Wildman–Crippen LogP) is 4.97. The maximum Gasteiger partial charge on any atom is 0.159 e. The van der Waals surface area contributed by atoms with Gasteiger partial charge in [-0.05, 0) is 60.2 Å². The van der Waals surface area contributed by atoms with Gasteiger partial charge in [-0.1, -0.05) is 30.3 Å². The summed E-state index contributed by atoms with van der Waals surface area (Å²) in [5.41, 5.74) is 4.01. The number of fused-ring (bicyclic) bond motifs is 1. The number of carbonyl (C=O) groups excluding carboxylic acids is 1. The van der Waals surface area contributed by atoms with Gasteiger partial charge in [0.15, 0.2) is 5.78 Å². The molecule has 0 saturated carbocycles. The number of anilines is 1. The lowest BCUT2D eigenvalue weighted by atomic mass is 10.0. The minimum Gasteiger partial charge on any atom is -0.373 e. The van der Waals surface area contributed by atoms with Gasteiger partial charge in [0.25, 0.3) is 0 Å². The highest BCUT2D eigenvalue weighted by molar-refractivity contribution is 5.99. The van der Waals surface area contributed by atoms with E-state index in [1.165, 1.54) is 0 Å². The van der Waals surface area contributed by atoms with Gasteiger partial charge in [0.1, 0.15) is 0 Å². The average Bonchev–Trinajstić information content (AvgIpc) is 2.83. The van der Waals surface area contributed by atoms with Gasteiger partial charge >= 0.3 is 0 Å². The average molecular weight is 425 g/mol. The van der Waals surface area contributed by atoms with Gasteiger partial charge < -0.3 is 4.90 Å². The zero-order valence-electron chi connectivity index (χ0n) is 18.6. The van der Waals surface area contributed by atoms with Crippen molar-refractivity contribution in [2.45, 2.75) is 20.0 Å². The van der Waals surface area contributed by atoms with E-state index in [0.29, 0.717) is 0 Å². The van der Waals surface area contributed by atoms with Gasteiger partial charge in [-0.3, -0.25) is 19.7 Å². The molecule has 0 aliphatic rings. The lowest BCUT2D eigenvalue weighted by Gasteiger charge is -2.26. The van der Waals surface area contributed by atoms with Crippen molar-refractivity contribution in [3.05, 3.63) is 102 Å². The first-order valence-corrected chi connectivity index (χ1v) is 10.9. The number of benzene rings is 2. The summed E-state index contributed by atoms with van der Waals surface area (Å²) in [4.78, 5) is 25.3. The van der Waals surface area contributed by atoms with Gasteiger partial charge in [0.2, 0.25) is 0 Å². The van der Waals surface area contributed by atoms with Crippen LogP contribution >= 0.6 is 0 Å². The Labute approximate surface area is 189 Å². The molecule has 32 heavy (non-hydrogen) atoms. The fourth-order valence-corrected chi connectivity index (χ4v) is 3.77. The number of ketones is 1. The summed E-state index contributed by atoms with van der Waals surface area (Å²) in [6, 6.07) is 24.3. The molecule has 0 amide bonds. The van der Waals surface area contributed by atoms with E-state index in [1.54, 1.807) is 6.92 Å². The maximum atomic E-state index is 11.7. The molecule has 0 spiro atoms. The van der Waals surface area contributed by atoms with E-state index in [0.717, 1.165) is 59.6 Å². The summed E-state index contributed by atoms with van der Waals surface area (Å²) >= 11 is 0. The molecule has 2 aromatic heterocycles. The predicted molar refractivity (Wildman–Crippen MR) is 130 cm³/mol. The minimum absolute atomic E-state index is 0.0917. The second-order valence-corrected chi connectivity index (χ2v) is 8.08. The quantitative estimate of drug-likeness (QED) is 0.355. The molecule has 4 aromatic rings. The lowest BCUT2D eigenvalue weighted by molar-refractivity contribution is 0.101. The van der Waals surface area contributed by atoms with E-state index in [1.807, 2.05) is 54.9 Å². The third-order valence-corrected chi connectivity index (χ3v) is 5.65. The van der Waals surface area contributed by atoms with Gasteiger partial charge in [0.05, 0.1) is 11.4 Å². The van der Waals surface area contributed by atoms with Gasteiger partial charge in [-0.2, -0.15) is 0 Å². The molecule has 162 valence electrons. The van der Waals surface area contributed by atoms with Crippen LogP contribution in [0.4, 0.5) is 5.69 Å². The topological polar surface area (TPSA) is 49.3 Å². The summed E-state index contributed by atoms with van der Waals surface area (Å²) < 4.78 is 0. The molecule has 0 N–H and O–H groups in total. The van der Waals surface area contributed by atoms with Crippen LogP contribution in [-0.4, -0.2) is 40.8 Å². The number of hydrogen-bond acceptors (Lipinski definition) is 5. The van der Waals surface area contributed by atoms with Gasteiger partial charge in [-0.15, -0.1) is 0 Å². The largest absolute Gasteiger partial charge is 0.373 e. The molecule has 0 fully saturated rings. The summed E-state index contributed by atoms with van der Waals surface area (Å²) in [5, 5.41) is 2.22. The van der Waals surface area contributed by atoms with E-state index < -0.39 is 0 Å². The van der Waals surface area contributed by atoms with Crippen LogP contribution < -0.4 is 4.90 Å². The van der Waals surface area contributed by atoms with Crippen LogP contribution in [0.5, 0.6) is 0 Å². The van der Waals surface area contributed by atoms with Crippen molar-refractivity contribution in [2.24, 2.45) is 0 Å². The highest BCUT2D eigenvalue weighted by Gasteiger charge is 2.11. The Bertz CT molecular complexity index is 1140. The number of hydrogen-bond donors (Lipinski definition) is 0. The van der Waals surface area contributed by atoms with Crippen LogP contribution in [0, 0.1) is 0 Å². The van der Waals surface area contributed by atoms with Crippen LogP contribution in [0.2, 0.25) is 0 Å². The van der Waals surface area contributed by atoms with Gasteiger partial charge in [-0.25, -0.2) is 0 Å². The second kappa shape index (κ2) is 10.2. The standard InChI is InChI=1S/C27H28N4O/c1-21(32)22-9-10-24-18-27(12-11-23(24)17-22)30(2)15-16-31(19-25-7-3-5-13-28-25)20-26-8-4-6-14-29-26/h3-14,17-18H,15-16,19-20H2,1-2H3.